The topological polar surface area (TPSA) is 123 Å². The normalized spacial score (nSPS) is 11.7. The average Bonchev–Trinajstić information content (AvgIpc) is 2.69. The van der Waals surface area contributed by atoms with Crippen molar-refractivity contribution in [1.82, 2.24) is 10.7 Å². The number of benzene rings is 2. The predicted octanol–water partition coefficient (Wildman–Crippen LogP) is 3.16. The van der Waals surface area contributed by atoms with Gasteiger partial charge in [0.2, 0.25) is 0 Å². The monoisotopic (exact) mass is 462 g/mol. The number of nitrogens with one attached hydrogen (secondary N) is 2. The highest BCUT2D eigenvalue weighted by atomic mass is 79.9. The lowest BCUT2D eigenvalue weighted by molar-refractivity contribution is -0.385. The van der Waals surface area contributed by atoms with Gasteiger partial charge in [0, 0.05) is 18.1 Å². The van der Waals surface area contributed by atoms with Crippen LogP contribution >= 0.6 is 15.9 Å². The van der Waals surface area contributed by atoms with Crippen LogP contribution in [0, 0.1) is 10.1 Å². The van der Waals surface area contributed by atoms with Crippen molar-refractivity contribution in [3.63, 3.8) is 0 Å². The Labute approximate surface area is 175 Å². The van der Waals surface area contributed by atoms with E-state index in [-0.39, 0.29) is 18.7 Å². The zero-order chi connectivity index (χ0) is 21.2. The lowest BCUT2D eigenvalue weighted by Gasteiger charge is -2.16. The SMILES string of the molecule is CCOC(=O)N[C@H](Cc1ccccc1)C(=O)N/N=C\c1ccc(Br)c([N+](=O)[O-])c1. The summed E-state index contributed by atoms with van der Waals surface area (Å²) in [4.78, 5) is 34.7. The van der Waals surface area contributed by atoms with Crippen molar-refractivity contribution in [2.45, 2.75) is 19.4 Å². The number of carbonyl (C=O) groups excluding carboxylic acids is 2. The lowest BCUT2D eigenvalue weighted by Crippen LogP contribution is -2.47. The predicted molar refractivity (Wildman–Crippen MR) is 111 cm³/mol. The number of hydrogen-bond acceptors (Lipinski definition) is 6. The quantitative estimate of drug-likeness (QED) is 0.354. The van der Waals surface area contributed by atoms with Crippen LogP contribution in [0.1, 0.15) is 18.1 Å². The summed E-state index contributed by atoms with van der Waals surface area (Å²) in [5.41, 5.74) is 3.49. The molecule has 0 saturated carbocycles. The third-order valence-corrected chi connectivity index (χ3v) is 4.39. The molecule has 0 spiro atoms. The number of nitrogens with zero attached hydrogens (tertiary/aromatic N) is 2. The number of halogens is 1. The number of ether oxygens (including phenoxy) is 1. The van der Waals surface area contributed by atoms with Crippen LogP contribution in [0.2, 0.25) is 0 Å². The van der Waals surface area contributed by atoms with Crippen LogP contribution in [-0.2, 0) is 16.0 Å². The molecule has 9 nitrogen and oxygen atoms in total. The van der Waals surface area contributed by atoms with Gasteiger partial charge in [-0.15, -0.1) is 0 Å². The Morgan fingerprint density at radius 1 is 1.28 bits per heavy atom. The van der Waals surface area contributed by atoms with E-state index in [1.165, 1.54) is 18.3 Å². The van der Waals surface area contributed by atoms with Gasteiger partial charge in [0.05, 0.1) is 22.2 Å². The maximum atomic E-state index is 12.5. The second-order valence-corrected chi connectivity index (χ2v) is 6.66. The molecule has 0 aliphatic rings. The Balaban J connectivity index is 2.08. The number of nitro groups is 1. The first kappa shape index (κ1) is 22.0. The number of hydrazone groups is 1. The van der Waals surface area contributed by atoms with Gasteiger partial charge in [0.15, 0.2) is 0 Å². The molecule has 2 amide bonds. The Morgan fingerprint density at radius 3 is 2.66 bits per heavy atom. The van der Waals surface area contributed by atoms with Crippen LogP contribution in [-0.4, -0.2) is 35.8 Å². The molecular weight excluding hydrogens is 444 g/mol. The van der Waals surface area contributed by atoms with E-state index in [1.807, 2.05) is 30.3 Å². The second-order valence-electron chi connectivity index (χ2n) is 5.81. The lowest BCUT2D eigenvalue weighted by atomic mass is 10.1. The molecule has 0 heterocycles. The van der Waals surface area contributed by atoms with E-state index < -0.39 is 23.0 Å². The summed E-state index contributed by atoms with van der Waals surface area (Å²) in [5, 5.41) is 17.3. The molecule has 2 rings (SSSR count). The minimum Gasteiger partial charge on any atom is -0.450 e. The van der Waals surface area contributed by atoms with Gasteiger partial charge in [-0.25, -0.2) is 10.2 Å². The van der Waals surface area contributed by atoms with Gasteiger partial charge in [0.25, 0.3) is 11.6 Å². The van der Waals surface area contributed by atoms with Gasteiger partial charge < -0.3 is 10.1 Å². The fourth-order valence-corrected chi connectivity index (χ4v) is 2.76. The van der Waals surface area contributed by atoms with Crippen LogP contribution in [0.5, 0.6) is 0 Å². The highest BCUT2D eigenvalue weighted by molar-refractivity contribution is 9.10. The Kier molecular flexibility index (Phi) is 8.28. The molecule has 0 fully saturated rings. The maximum absolute atomic E-state index is 12.5. The molecule has 152 valence electrons. The zero-order valence-corrected chi connectivity index (χ0v) is 17.1. The van der Waals surface area contributed by atoms with Crippen LogP contribution in [0.25, 0.3) is 0 Å². The van der Waals surface area contributed by atoms with E-state index in [9.17, 15) is 19.7 Å². The molecule has 2 aromatic carbocycles. The fourth-order valence-electron chi connectivity index (χ4n) is 2.37. The molecule has 0 radical (unpaired) electrons. The van der Waals surface area contributed by atoms with Crippen molar-refractivity contribution in [3.8, 4) is 0 Å². The standard InChI is InChI=1S/C19H19BrN4O5/c1-2-29-19(26)22-16(10-13-6-4-3-5-7-13)18(25)23-21-12-14-8-9-15(20)17(11-14)24(27)28/h3-9,11-12,16H,2,10H2,1H3,(H,22,26)(H,23,25)/b21-12-/t16-/m1/s1. The number of alkyl carbamates (subject to hydrolysis) is 1. The van der Waals surface area contributed by atoms with Gasteiger partial charge in [-0.2, -0.15) is 5.10 Å². The smallest absolute Gasteiger partial charge is 0.407 e. The van der Waals surface area contributed by atoms with E-state index in [1.54, 1.807) is 13.0 Å². The Morgan fingerprint density at radius 2 is 2.00 bits per heavy atom. The van der Waals surface area contributed by atoms with Crippen molar-refractivity contribution >= 4 is 39.8 Å². The summed E-state index contributed by atoms with van der Waals surface area (Å²) < 4.78 is 5.18. The largest absolute Gasteiger partial charge is 0.450 e. The molecule has 0 aromatic heterocycles. The molecule has 29 heavy (non-hydrogen) atoms. The van der Waals surface area contributed by atoms with Gasteiger partial charge >= 0.3 is 6.09 Å². The van der Waals surface area contributed by atoms with E-state index in [2.05, 4.69) is 31.8 Å². The minimum absolute atomic E-state index is 0.119. The van der Waals surface area contributed by atoms with Crippen molar-refractivity contribution in [2.24, 2.45) is 5.10 Å². The molecule has 10 heteroatoms. The highest BCUT2D eigenvalue weighted by Gasteiger charge is 2.21. The number of amides is 2. The summed E-state index contributed by atoms with van der Waals surface area (Å²) in [6, 6.07) is 12.7. The van der Waals surface area contributed by atoms with E-state index in [0.717, 1.165) is 5.56 Å². The Bertz CT molecular complexity index is 905. The van der Waals surface area contributed by atoms with E-state index >= 15 is 0 Å². The van der Waals surface area contributed by atoms with Crippen molar-refractivity contribution < 1.29 is 19.2 Å². The average molecular weight is 463 g/mol. The van der Waals surface area contributed by atoms with Gasteiger partial charge in [-0.1, -0.05) is 36.4 Å². The summed E-state index contributed by atoms with van der Waals surface area (Å²) in [5.74, 6) is -0.551. The van der Waals surface area contributed by atoms with Crippen LogP contribution in [0.4, 0.5) is 10.5 Å². The first-order chi connectivity index (χ1) is 13.9. The third-order valence-electron chi connectivity index (χ3n) is 3.72. The second kappa shape index (κ2) is 10.9. The van der Waals surface area contributed by atoms with Crippen LogP contribution < -0.4 is 10.7 Å². The van der Waals surface area contributed by atoms with Crippen molar-refractivity contribution in [1.29, 1.82) is 0 Å². The van der Waals surface area contributed by atoms with Crippen molar-refractivity contribution in [3.05, 3.63) is 74.2 Å². The zero-order valence-electron chi connectivity index (χ0n) is 15.5. The summed E-state index contributed by atoms with van der Waals surface area (Å²) in [6.07, 6.45) is 0.808. The molecule has 0 aliphatic carbocycles. The van der Waals surface area contributed by atoms with Gasteiger partial charge in [-0.3, -0.25) is 14.9 Å². The van der Waals surface area contributed by atoms with E-state index in [0.29, 0.717) is 10.0 Å². The molecule has 2 N–H and O–H groups in total. The number of hydrogen-bond donors (Lipinski definition) is 2. The molecule has 1 atom stereocenters. The fraction of sp³-hybridized carbons (Fsp3) is 0.211. The molecule has 0 unspecified atom stereocenters. The Hall–Kier alpha value is -3.27. The first-order valence-corrected chi connectivity index (χ1v) is 9.44. The van der Waals surface area contributed by atoms with E-state index in [4.69, 9.17) is 4.74 Å². The first-order valence-electron chi connectivity index (χ1n) is 8.64. The van der Waals surface area contributed by atoms with Gasteiger partial charge in [0.1, 0.15) is 6.04 Å². The summed E-state index contributed by atoms with van der Waals surface area (Å²) >= 11 is 3.10. The third kappa shape index (κ3) is 7.00. The molecule has 0 bridgehead atoms. The molecule has 0 aliphatic heterocycles. The van der Waals surface area contributed by atoms with Gasteiger partial charge in [-0.05, 0) is 34.5 Å². The number of carbonyl (C=O) groups is 2. The molecule has 0 saturated heterocycles. The summed E-state index contributed by atoms with van der Waals surface area (Å²) in [6.45, 7) is 1.83. The number of nitro benzene ring substituents is 1. The van der Waals surface area contributed by atoms with Crippen LogP contribution in [0.15, 0.2) is 58.1 Å². The highest BCUT2D eigenvalue weighted by Crippen LogP contribution is 2.24. The minimum atomic E-state index is -0.909. The molecular formula is C19H19BrN4O5. The van der Waals surface area contributed by atoms with Crippen LogP contribution in [0.3, 0.4) is 0 Å². The maximum Gasteiger partial charge on any atom is 0.407 e. The van der Waals surface area contributed by atoms with Crippen molar-refractivity contribution in [2.75, 3.05) is 6.61 Å². The molecule has 2 aromatic rings. The number of rotatable bonds is 8. The summed E-state index contributed by atoms with van der Waals surface area (Å²) in [7, 11) is 0.